The summed E-state index contributed by atoms with van der Waals surface area (Å²) in [5, 5.41) is 3.29. The summed E-state index contributed by atoms with van der Waals surface area (Å²) < 4.78 is 18.3. The molecule has 104 valence electrons. The van der Waals surface area contributed by atoms with Gasteiger partial charge in [-0.15, -0.1) is 0 Å². The van der Waals surface area contributed by atoms with E-state index in [-0.39, 0.29) is 0 Å². The Kier molecular flexibility index (Phi) is 7.68. The number of imidazole rings is 1. The SMILES string of the molecule is CCOCCCNc1nccn1CCCS(C)=O. The average molecular weight is 273 g/mol. The molecular weight excluding hydrogens is 250 g/mol. The van der Waals surface area contributed by atoms with Crippen molar-refractivity contribution in [3.8, 4) is 0 Å². The monoisotopic (exact) mass is 273 g/mol. The van der Waals surface area contributed by atoms with E-state index in [1.165, 1.54) is 0 Å². The minimum atomic E-state index is -0.714. The van der Waals surface area contributed by atoms with Gasteiger partial charge in [-0.2, -0.15) is 0 Å². The highest BCUT2D eigenvalue weighted by Gasteiger charge is 2.02. The lowest BCUT2D eigenvalue weighted by Crippen LogP contribution is -2.11. The topological polar surface area (TPSA) is 56.1 Å². The van der Waals surface area contributed by atoms with E-state index in [0.29, 0.717) is 0 Å². The molecule has 1 rings (SSSR count). The molecule has 0 saturated heterocycles. The lowest BCUT2D eigenvalue weighted by molar-refractivity contribution is 0.147. The maximum Gasteiger partial charge on any atom is 0.202 e. The molecule has 1 unspecified atom stereocenters. The number of anilines is 1. The van der Waals surface area contributed by atoms with E-state index in [1.54, 1.807) is 12.5 Å². The summed E-state index contributed by atoms with van der Waals surface area (Å²) >= 11 is 0. The minimum Gasteiger partial charge on any atom is -0.382 e. The minimum absolute atomic E-state index is 0.714. The molecule has 5 nitrogen and oxygen atoms in total. The van der Waals surface area contributed by atoms with Crippen LogP contribution in [0.1, 0.15) is 19.8 Å². The van der Waals surface area contributed by atoms with Crippen LogP contribution in [0.5, 0.6) is 0 Å². The van der Waals surface area contributed by atoms with Crippen LogP contribution in [0.2, 0.25) is 0 Å². The lowest BCUT2D eigenvalue weighted by Gasteiger charge is -2.09. The van der Waals surface area contributed by atoms with Crippen molar-refractivity contribution in [1.29, 1.82) is 0 Å². The Hall–Kier alpha value is -0.880. The van der Waals surface area contributed by atoms with Crippen molar-refractivity contribution in [3.05, 3.63) is 12.4 Å². The molecule has 1 aromatic heterocycles. The number of aromatic nitrogens is 2. The zero-order valence-electron chi connectivity index (χ0n) is 11.2. The van der Waals surface area contributed by atoms with Gasteiger partial charge >= 0.3 is 0 Å². The van der Waals surface area contributed by atoms with E-state index >= 15 is 0 Å². The molecule has 18 heavy (non-hydrogen) atoms. The summed E-state index contributed by atoms with van der Waals surface area (Å²) in [5.41, 5.74) is 0. The molecule has 0 fully saturated rings. The molecule has 0 amide bonds. The van der Waals surface area contributed by atoms with Crippen LogP contribution in [0.4, 0.5) is 5.95 Å². The summed E-state index contributed by atoms with van der Waals surface area (Å²) in [4.78, 5) is 4.27. The molecule has 1 heterocycles. The van der Waals surface area contributed by atoms with Crippen LogP contribution in [0.25, 0.3) is 0 Å². The van der Waals surface area contributed by atoms with Gasteiger partial charge in [0.25, 0.3) is 0 Å². The third-order valence-electron chi connectivity index (χ3n) is 2.50. The smallest absolute Gasteiger partial charge is 0.202 e. The second-order valence-electron chi connectivity index (χ2n) is 4.05. The van der Waals surface area contributed by atoms with Crippen molar-refractivity contribution < 1.29 is 8.95 Å². The van der Waals surface area contributed by atoms with E-state index in [0.717, 1.165) is 50.8 Å². The number of hydrogen-bond acceptors (Lipinski definition) is 4. The second kappa shape index (κ2) is 9.10. The highest BCUT2D eigenvalue weighted by molar-refractivity contribution is 7.84. The van der Waals surface area contributed by atoms with Gasteiger partial charge in [-0.3, -0.25) is 4.21 Å². The fraction of sp³-hybridized carbons (Fsp3) is 0.750. The molecule has 0 aliphatic rings. The van der Waals surface area contributed by atoms with Gasteiger partial charge in [0.2, 0.25) is 5.95 Å². The average Bonchev–Trinajstić information content (AvgIpc) is 2.76. The van der Waals surface area contributed by atoms with Crippen molar-refractivity contribution in [2.75, 3.05) is 37.1 Å². The van der Waals surface area contributed by atoms with E-state index < -0.39 is 10.8 Å². The van der Waals surface area contributed by atoms with Crippen LogP contribution < -0.4 is 5.32 Å². The number of nitrogens with zero attached hydrogens (tertiary/aromatic N) is 2. The standard InChI is InChI=1S/C12H23N3O2S/c1-3-17-10-4-6-13-12-14-7-9-15(12)8-5-11-18(2)16/h7,9H,3-6,8,10-11H2,1-2H3,(H,13,14). The van der Waals surface area contributed by atoms with E-state index in [2.05, 4.69) is 14.9 Å². The van der Waals surface area contributed by atoms with Crippen LogP contribution >= 0.6 is 0 Å². The number of aryl methyl sites for hydroxylation is 1. The van der Waals surface area contributed by atoms with Crippen LogP contribution in [0.15, 0.2) is 12.4 Å². The fourth-order valence-electron chi connectivity index (χ4n) is 1.61. The highest BCUT2D eigenvalue weighted by atomic mass is 32.2. The van der Waals surface area contributed by atoms with Gasteiger partial charge in [0.1, 0.15) is 0 Å². The number of hydrogen-bond donors (Lipinski definition) is 1. The normalized spacial score (nSPS) is 12.6. The summed E-state index contributed by atoms with van der Waals surface area (Å²) in [6.07, 6.45) is 7.35. The van der Waals surface area contributed by atoms with Gasteiger partial charge in [-0.1, -0.05) is 0 Å². The van der Waals surface area contributed by atoms with Crippen molar-refractivity contribution in [2.45, 2.75) is 26.3 Å². The molecule has 0 spiro atoms. The van der Waals surface area contributed by atoms with E-state index in [4.69, 9.17) is 4.74 Å². The third-order valence-corrected chi connectivity index (χ3v) is 3.36. The first-order chi connectivity index (χ1) is 8.74. The van der Waals surface area contributed by atoms with Crippen LogP contribution in [0.3, 0.4) is 0 Å². The lowest BCUT2D eigenvalue weighted by atomic mass is 10.4. The summed E-state index contributed by atoms with van der Waals surface area (Å²) in [5.74, 6) is 1.62. The van der Waals surface area contributed by atoms with Crippen molar-refractivity contribution in [2.24, 2.45) is 0 Å². The first kappa shape index (κ1) is 15.2. The number of nitrogens with one attached hydrogen (secondary N) is 1. The van der Waals surface area contributed by atoms with Gasteiger partial charge in [0.05, 0.1) is 0 Å². The Labute approximate surface area is 111 Å². The molecule has 0 aliphatic carbocycles. The zero-order valence-corrected chi connectivity index (χ0v) is 12.0. The first-order valence-corrected chi connectivity index (χ1v) is 8.09. The number of rotatable bonds is 10. The van der Waals surface area contributed by atoms with Crippen molar-refractivity contribution in [1.82, 2.24) is 9.55 Å². The van der Waals surface area contributed by atoms with Gasteiger partial charge in [-0.25, -0.2) is 4.98 Å². The summed E-state index contributed by atoms with van der Waals surface area (Å²) in [6.45, 7) is 5.25. The van der Waals surface area contributed by atoms with E-state index in [9.17, 15) is 4.21 Å². The molecule has 1 N–H and O–H groups in total. The van der Waals surface area contributed by atoms with E-state index in [1.807, 2.05) is 13.1 Å². The Bertz CT molecular complexity index is 355. The van der Waals surface area contributed by atoms with Gasteiger partial charge in [0.15, 0.2) is 0 Å². The number of ether oxygens (including phenoxy) is 1. The molecule has 0 bridgehead atoms. The molecule has 6 heteroatoms. The third kappa shape index (κ3) is 6.16. The molecule has 0 saturated carbocycles. The van der Waals surface area contributed by atoms with Gasteiger partial charge in [0, 0.05) is 61.5 Å². The predicted molar refractivity (Wildman–Crippen MR) is 75.4 cm³/mol. The maximum atomic E-state index is 11.0. The fourth-order valence-corrected chi connectivity index (χ4v) is 2.15. The van der Waals surface area contributed by atoms with Crippen LogP contribution in [-0.4, -0.2) is 45.5 Å². The quantitative estimate of drug-likeness (QED) is 0.656. The second-order valence-corrected chi connectivity index (χ2v) is 5.61. The Balaban J connectivity index is 2.24. The molecule has 1 atom stereocenters. The summed E-state index contributed by atoms with van der Waals surface area (Å²) in [6, 6.07) is 0. The van der Waals surface area contributed by atoms with Crippen molar-refractivity contribution >= 4 is 16.7 Å². The maximum absolute atomic E-state index is 11.0. The first-order valence-electron chi connectivity index (χ1n) is 6.36. The van der Waals surface area contributed by atoms with Gasteiger partial charge < -0.3 is 14.6 Å². The molecule has 0 aromatic carbocycles. The molecule has 0 aliphatic heterocycles. The largest absolute Gasteiger partial charge is 0.382 e. The zero-order chi connectivity index (χ0) is 13.2. The highest BCUT2D eigenvalue weighted by Crippen LogP contribution is 2.05. The molecule has 0 radical (unpaired) electrons. The molecular formula is C12H23N3O2S. The summed E-state index contributed by atoms with van der Waals surface area (Å²) in [7, 11) is -0.714. The molecule has 1 aromatic rings. The van der Waals surface area contributed by atoms with Crippen LogP contribution in [0, 0.1) is 0 Å². The van der Waals surface area contributed by atoms with Crippen molar-refractivity contribution in [3.63, 3.8) is 0 Å². The Morgan fingerprint density at radius 1 is 1.50 bits per heavy atom. The van der Waals surface area contributed by atoms with Gasteiger partial charge in [-0.05, 0) is 19.8 Å². The predicted octanol–water partition coefficient (Wildman–Crippen LogP) is 1.49. The van der Waals surface area contributed by atoms with Crippen LogP contribution in [-0.2, 0) is 22.1 Å². The Morgan fingerprint density at radius 2 is 2.33 bits per heavy atom. The Morgan fingerprint density at radius 3 is 3.06 bits per heavy atom.